The topological polar surface area (TPSA) is 101 Å². The summed E-state index contributed by atoms with van der Waals surface area (Å²) in [5.74, 6) is 0.264. The number of para-hydroxylation sites is 1. The van der Waals surface area contributed by atoms with E-state index in [0.717, 1.165) is 57.0 Å². The lowest BCUT2D eigenvalue weighted by atomic mass is 10.0. The van der Waals surface area contributed by atoms with Crippen molar-refractivity contribution in [3.05, 3.63) is 125 Å². The molecule has 0 spiro atoms. The van der Waals surface area contributed by atoms with Crippen molar-refractivity contribution in [3.8, 4) is 5.75 Å². The minimum atomic E-state index is -3.73. The van der Waals surface area contributed by atoms with Crippen molar-refractivity contribution in [2.75, 3.05) is 35.2 Å². The molecule has 1 heterocycles. The lowest BCUT2D eigenvalue weighted by Crippen LogP contribution is -2.38. The molecule has 0 amide bonds. The van der Waals surface area contributed by atoms with Crippen LogP contribution in [0, 0.1) is 6.92 Å². The van der Waals surface area contributed by atoms with Crippen LogP contribution >= 0.6 is 0 Å². The van der Waals surface area contributed by atoms with E-state index in [0.29, 0.717) is 43.4 Å². The van der Waals surface area contributed by atoms with Crippen molar-refractivity contribution in [1.29, 1.82) is 0 Å². The summed E-state index contributed by atoms with van der Waals surface area (Å²) in [6.07, 6.45) is 0.988. The third kappa shape index (κ3) is 9.55. The highest BCUT2D eigenvalue weighted by molar-refractivity contribution is 7.92. The van der Waals surface area contributed by atoms with E-state index in [1.807, 2.05) is 85.8 Å². The second-order valence-corrected chi connectivity index (χ2v) is 20.4. The highest BCUT2D eigenvalue weighted by Gasteiger charge is 2.34. The smallest absolute Gasteiger partial charge is 0.355 e. The quantitative estimate of drug-likeness (QED) is 0.0659. The molecule has 5 aromatic rings. The van der Waals surface area contributed by atoms with Gasteiger partial charge in [0.15, 0.2) is 8.32 Å². The number of esters is 1. The van der Waals surface area contributed by atoms with Crippen molar-refractivity contribution >= 4 is 46.6 Å². The number of aromatic nitrogens is 1. The summed E-state index contributed by atoms with van der Waals surface area (Å²) in [6.45, 7) is 14.2. The van der Waals surface area contributed by atoms with Crippen molar-refractivity contribution < 1.29 is 27.1 Å². The van der Waals surface area contributed by atoms with E-state index < -0.39 is 18.3 Å². The second-order valence-electron chi connectivity index (χ2n) is 13.8. The van der Waals surface area contributed by atoms with Gasteiger partial charge in [0.1, 0.15) is 18.1 Å². The Bertz CT molecular complexity index is 2090. The zero-order valence-electron chi connectivity index (χ0n) is 32.7. The predicted molar refractivity (Wildman–Crippen MR) is 223 cm³/mol. The Morgan fingerprint density at radius 1 is 0.833 bits per heavy atom. The number of benzene rings is 4. The predicted octanol–water partition coefficient (Wildman–Crippen LogP) is 9.79. The minimum Gasteiger partial charge on any atom is -0.492 e. The summed E-state index contributed by atoms with van der Waals surface area (Å²) in [7, 11) is -5.78. The fraction of sp³-hybridized carbons (Fsp3) is 0.372. The van der Waals surface area contributed by atoms with Gasteiger partial charge < -0.3 is 23.8 Å². The molecule has 0 aliphatic rings. The van der Waals surface area contributed by atoms with Gasteiger partial charge in [0.25, 0.3) is 0 Å². The summed E-state index contributed by atoms with van der Waals surface area (Å²) in [5.41, 5.74) is 6.35. The monoisotopic (exact) mass is 769 g/mol. The Morgan fingerprint density at radius 2 is 1.46 bits per heavy atom. The lowest BCUT2D eigenvalue weighted by molar-refractivity contribution is 0.0519. The van der Waals surface area contributed by atoms with Crippen molar-refractivity contribution in [3.63, 3.8) is 0 Å². The first-order valence-corrected chi connectivity index (χ1v) is 23.3. The van der Waals surface area contributed by atoms with Gasteiger partial charge in [-0.1, -0.05) is 93.6 Å². The SMILES string of the molecule is CCOC(=O)c1[nH]c2cc(OCCN(Cc3ccccc3)c3c([C@@H](C)O[Si](CC)(CC)CC)cccc3N(Cc3ccccc3)S(C)(=O)=O)ccc2c1C. The Balaban J connectivity index is 1.58. The number of nitrogens with one attached hydrogen (secondary N) is 1. The largest absolute Gasteiger partial charge is 0.492 e. The fourth-order valence-electron chi connectivity index (χ4n) is 7.15. The number of fused-ring (bicyclic) bond motifs is 1. The van der Waals surface area contributed by atoms with Crippen LogP contribution in [0.1, 0.15) is 73.5 Å². The number of H-pyrrole nitrogens is 1. The highest BCUT2D eigenvalue weighted by atomic mass is 32.2. The molecule has 0 saturated heterocycles. The van der Waals surface area contributed by atoms with Crippen molar-refractivity contribution in [2.45, 2.75) is 78.9 Å². The molecule has 1 atom stereocenters. The normalized spacial score (nSPS) is 12.4. The maximum atomic E-state index is 13.8. The van der Waals surface area contributed by atoms with Crippen LogP contribution in [0.2, 0.25) is 18.1 Å². The molecule has 0 radical (unpaired) electrons. The van der Waals surface area contributed by atoms with Crippen LogP contribution in [-0.2, 0) is 32.3 Å². The molecule has 0 unspecified atom stereocenters. The Morgan fingerprint density at radius 3 is 2.06 bits per heavy atom. The van der Waals surface area contributed by atoms with Gasteiger partial charge in [-0.15, -0.1) is 0 Å². The molecule has 0 aliphatic heterocycles. The number of rotatable bonds is 19. The number of hydrogen-bond acceptors (Lipinski definition) is 7. The van der Waals surface area contributed by atoms with Crippen LogP contribution in [0.4, 0.5) is 11.4 Å². The summed E-state index contributed by atoms with van der Waals surface area (Å²) < 4.78 is 47.8. The average molecular weight is 770 g/mol. The van der Waals surface area contributed by atoms with Gasteiger partial charge in [0, 0.05) is 23.6 Å². The summed E-state index contributed by atoms with van der Waals surface area (Å²) >= 11 is 0. The number of carbonyl (C=O) groups excluding carboxylic acids is 1. The fourth-order valence-corrected chi connectivity index (χ4v) is 10.9. The molecule has 9 nitrogen and oxygen atoms in total. The lowest BCUT2D eigenvalue weighted by Gasteiger charge is -2.37. The minimum absolute atomic E-state index is 0.183. The molecule has 0 bridgehead atoms. The molecule has 11 heteroatoms. The number of hydrogen-bond donors (Lipinski definition) is 1. The molecule has 0 aliphatic carbocycles. The van der Waals surface area contributed by atoms with E-state index in [1.54, 1.807) is 6.92 Å². The van der Waals surface area contributed by atoms with Gasteiger partial charge in [0.05, 0.1) is 48.9 Å². The van der Waals surface area contributed by atoms with Gasteiger partial charge in [-0.25, -0.2) is 13.2 Å². The summed E-state index contributed by atoms with van der Waals surface area (Å²) in [6, 6.07) is 34.5. The maximum absolute atomic E-state index is 13.8. The maximum Gasteiger partial charge on any atom is 0.355 e. The molecule has 288 valence electrons. The first-order valence-electron chi connectivity index (χ1n) is 19.0. The molecule has 0 fully saturated rings. The standard InChI is InChI=1S/C43H55N3O6SSi/c1-8-50-43(47)41-32(5)37-26-25-36(29-39(37)44-41)51-28-27-45(30-34-19-14-12-15-20-34)42-38(33(6)52-54(9-2,10-3)11-4)23-18-24-40(42)46(53(7,48)49)31-35-21-16-13-17-22-35/h12-26,29,33,44H,8-11,27-28,30-31H2,1-7H3/t33-/m1/s1. The Hall–Kier alpha value is -4.58. The molecule has 54 heavy (non-hydrogen) atoms. The number of aromatic amines is 1. The van der Waals surface area contributed by atoms with Gasteiger partial charge in [-0.3, -0.25) is 4.31 Å². The second kappa shape index (κ2) is 18.2. The van der Waals surface area contributed by atoms with Crippen LogP contribution in [0.25, 0.3) is 10.9 Å². The molecule has 4 aromatic carbocycles. The number of sulfonamides is 1. The van der Waals surface area contributed by atoms with Gasteiger partial charge in [-0.05, 0) is 73.8 Å². The number of anilines is 2. The van der Waals surface area contributed by atoms with Crippen LogP contribution in [-0.4, -0.2) is 53.7 Å². The first kappa shape index (κ1) is 40.6. The van der Waals surface area contributed by atoms with E-state index in [2.05, 4.69) is 55.8 Å². The summed E-state index contributed by atoms with van der Waals surface area (Å²) in [5, 5.41) is 0.925. The Labute approximate surface area is 322 Å². The van der Waals surface area contributed by atoms with E-state index in [9.17, 15) is 13.2 Å². The number of carbonyl (C=O) groups is 1. The van der Waals surface area contributed by atoms with Gasteiger partial charge >= 0.3 is 5.97 Å². The van der Waals surface area contributed by atoms with Gasteiger partial charge in [0.2, 0.25) is 10.0 Å². The van der Waals surface area contributed by atoms with Crippen LogP contribution in [0.3, 0.4) is 0 Å². The number of ether oxygens (including phenoxy) is 2. The highest BCUT2D eigenvalue weighted by Crippen LogP contribution is 2.42. The van der Waals surface area contributed by atoms with Crippen molar-refractivity contribution in [2.24, 2.45) is 0 Å². The van der Waals surface area contributed by atoms with Crippen molar-refractivity contribution in [1.82, 2.24) is 4.98 Å². The molecule has 1 aromatic heterocycles. The van der Waals surface area contributed by atoms with Crippen LogP contribution in [0.5, 0.6) is 5.75 Å². The first-order chi connectivity index (χ1) is 25.9. The van der Waals surface area contributed by atoms with E-state index in [1.165, 1.54) is 10.6 Å². The zero-order chi connectivity index (χ0) is 38.9. The third-order valence-corrected chi connectivity index (χ3v) is 16.2. The molecule has 1 N–H and O–H groups in total. The Kier molecular flexibility index (Phi) is 13.7. The molecule has 5 rings (SSSR count). The van der Waals surface area contributed by atoms with E-state index in [4.69, 9.17) is 13.9 Å². The number of nitrogens with zero attached hydrogens (tertiary/aromatic N) is 2. The molecule has 0 saturated carbocycles. The molecular weight excluding hydrogens is 715 g/mol. The third-order valence-electron chi connectivity index (χ3n) is 10.4. The average Bonchev–Trinajstić information content (AvgIpc) is 3.51. The molecular formula is C43H55N3O6SSi. The zero-order valence-corrected chi connectivity index (χ0v) is 34.5. The van der Waals surface area contributed by atoms with E-state index in [-0.39, 0.29) is 18.6 Å². The van der Waals surface area contributed by atoms with E-state index >= 15 is 0 Å². The summed E-state index contributed by atoms with van der Waals surface area (Å²) in [4.78, 5) is 18.0. The number of aryl methyl sites for hydroxylation is 1. The van der Waals surface area contributed by atoms with Gasteiger partial charge in [-0.2, -0.15) is 0 Å². The van der Waals surface area contributed by atoms with Crippen LogP contribution in [0.15, 0.2) is 97.1 Å². The van der Waals surface area contributed by atoms with Crippen LogP contribution < -0.4 is 13.9 Å².